The third-order valence-corrected chi connectivity index (χ3v) is 5.53. The minimum Gasteiger partial charge on any atom is -0.298 e. The molecule has 0 amide bonds. The first-order chi connectivity index (χ1) is 8.05. The Morgan fingerprint density at radius 1 is 1.39 bits per heavy atom. The summed E-state index contributed by atoms with van der Waals surface area (Å²) in [4.78, 5) is 12.0. The molecule has 1 aromatic carbocycles. The van der Waals surface area contributed by atoms with Crippen molar-refractivity contribution in [2.45, 2.75) is 25.0 Å². The molecule has 18 heavy (non-hydrogen) atoms. The maximum atomic E-state index is 13.5. The number of rotatable bonds is 4. The summed E-state index contributed by atoms with van der Waals surface area (Å²) in [5, 5.41) is 0. The Labute approximate surface area is 114 Å². The van der Waals surface area contributed by atoms with Crippen LogP contribution in [-0.4, -0.2) is 25.2 Å². The molecule has 0 radical (unpaired) electrons. The number of hydrogen-bond acceptors (Lipinski definition) is 3. The van der Waals surface area contributed by atoms with E-state index in [4.69, 9.17) is 0 Å². The number of ketones is 1. The van der Waals surface area contributed by atoms with Crippen molar-refractivity contribution in [1.29, 1.82) is 0 Å². The molecule has 0 aromatic heterocycles. The summed E-state index contributed by atoms with van der Waals surface area (Å²) in [7, 11) is -3.53. The zero-order chi connectivity index (χ0) is 14.1. The summed E-state index contributed by atoms with van der Waals surface area (Å²) in [6.07, 6.45) is 0.757. The molecule has 0 fully saturated rings. The van der Waals surface area contributed by atoms with Crippen molar-refractivity contribution in [3.05, 3.63) is 34.1 Å². The van der Waals surface area contributed by atoms with Gasteiger partial charge in [-0.1, -0.05) is 15.9 Å². The molecule has 0 aliphatic carbocycles. The first-order valence-corrected chi connectivity index (χ1v) is 7.91. The van der Waals surface area contributed by atoms with Gasteiger partial charge in [-0.3, -0.25) is 4.79 Å². The Balaban J connectivity index is 3.06. The summed E-state index contributed by atoms with van der Waals surface area (Å²) in [5.41, 5.74) is 0.186. The van der Waals surface area contributed by atoms with E-state index in [0.29, 0.717) is 4.47 Å². The van der Waals surface area contributed by atoms with Crippen molar-refractivity contribution < 1.29 is 17.6 Å². The van der Waals surface area contributed by atoms with Crippen LogP contribution in [0, 0.1) is 5.82 Å². The van der Waals surface area contributed by atoms with Crippen LogP contribution in [-0.2, 0) is 21.1 Å². The second-order valence-electron chi connectivity index (χ2n) is 4.62. The Bertz CT molecular complexity index is 579. The molecule has 6 heteroatoms. The number of halogens is 2. The van der Waals surface area contributed by atoms with Crippen molar-refractivity contribution >= 4 is 31.6 Å². The molecule has 0 bridgehead atoms. The second kappa shape index (κ2) is 5.09. The van der Waals surface area contributed by atoms with Gasteiger partial charge in [-0.25, -0.2) is 12.8 Å². The van der Waals surface area contributed by atoms with Crippen LogP contribution in [0.15, 0.2) is 22.7 Å². The van der Waals surface area contributed by atoms with Crippen LogP contribution in [0.5, 0.6) is 0 Å². The fourth-order valence-corrected chi connectivity index (χ4v) is 2.17. The summed E-state index contributed by atoms with van der Waals surface area (Å²) in [6, 6.07) is 4.23. The van der Waals surface area contributed by atoms with Gasteiger partial charge in [0.05, 0.1) is 0 Å². The lowest BCUT2D eigenvalue weighted by Gasteiger charge is -2.20. The lowest BCUT2D eigenvalue weighted by atomic mass is 10.00. The van der Waals surface area contributed by atoms with Gasteiger partial charge < -0.3 is 0 Å². The maximum absolute atomic E-state index is 13.5. The molecule has 0 aliphatic rings. The molecule has 0 N–H and O–H groups in total. The standard InChI is InChI=1S/C12H14BrFO3S/c1-12(2,18(3,16)17)11(15)7-8-6-9(13)4-5-10(8)14/h4-6H,7H2,1-3H3. The van der Waals surface area contributed by atoms with E-state index in [1.165, 1.54) is 32.0 Å². The van der Waals surface area contributed by atoms with Gasteiger partial charge in [-0.05, 0) is 37.6 Å². The normalized spacial score (nSPS) is 12.5. The maximum Gasteiger partial charge on any atom is 0.159 e. The third kappa shape index (κ3) is 3.17. The molecule has 0 spiro atoms. The Morgan fingerprint density at radius 2 is 1.94 bits per heavy atom. The highest BCUT2D eigenvalue weighted by Crippen LogP contribution is 2.22. The van der Waals surface area contributed by atoms with Crippen molar-refractivity contribution in [3.63, 3.8) is 0 Å². The molecule has 0 aliphatic heterocycles. The van der Waals surface area contributed by atoms with Crippen LogP contribution in [0.3, 0.4) is 0 Å². The summed E-state index contributed by atoms with van der Waals surface area (Å²) in [6.45, 7) is 2.67. The SMILES string of the molecule is CC(C)(C(=O)Cc1cc(Br)ccc1F)S(C)(=O)=O. The molecule has 0 atom stereocenters. The molecule has 0 saturated heterocycles. The van der Waals surface area contributed by atoms with E-state index >= 15 is 0 Å². The molecule has 100 valence electrons. The molecule has 1 aromatic rings. The van der Waals surface area contributed by atoms with Crippen LogP contribution in [0.1, 0.15) is 19.4 Å². The fraction of sp³-hybridized carbons (Fsp3) is 0.417. The topological polar surface area (TPSA) is 51.2 Å². The average molecular weight is 337 g/mol. The highest BCUT2D eigenvalue weighted by Gasteiger charge is 2.38. The van der Waals surface area contributed by atoms with Gasteiger partial charge in [-0.2, -0.15) is 0 Å². The Hall–Kier alpha value is -0.750. The fourth-order valence-electron chi connectivity index (χ4n) is 1.27. The van der Waals surface area contributed by atoms with E-state index in [9.17, 15) is 17.6 Å². The highest BCUT2D eigenvalue weighted by atomic mass is 79.9. The minimum atomic E-state index is -3.53. The molecule has 1 rings (SSSR count). The van der Waals surface area contributed by atoms with Crippen LogP contribution < -0.4 is 0 Å². The minimum absolute atomic E-state index is 0.186. The van der Waals surface area contributed by atoms with E-state index in [1.54, 1.807) is 0 Å². The molecule has 0 unspecified atom stereocenters. The number of Topliss-reactive ketones (excluding diaryl/α,β-unsaturated/α-hetero) is 1. The van der Waals surface area contributed by atoms with Gasteiger partial charge in [0.1, 0.15) is 10.6 Å². The number of sulfone groups is 1. The zero-order valence-corrected chi connectivity index (χ0v) is 12.7. The summed E-state index contributed by atoms with van der Waals surface area (Å²) < 4.78 is 35.6. The first kappa shape index (κ1) is 15.3. The lowest BCUT2D eigenvalue weighted by molar-refractivity contribution is -0.120. The van der Waals surface area contributed by atoms with Gasteiger partial charge >= 0.3 is 0 Å². The number of carbonyl (C=O) groups excluding carboxylic acids is 1. The van der Waals surface area contributed by atoms with Crippen LogP contribution in [0.2, 0.25) is 0 Å². The predicted octanol–water partition coefficient (Wildman–Crippen LogP) is 2.52. The number of carbonyl (C=O) groups is 1. The summed E-state index contributed by atoms with van der Waals surface area (Å²) in [5.74, 6) is -1.04. The van der Waals surface area contributed by atoms with E-state index in [2.05, 4.69) is 15.9 Å². The number of benzene rings is 1. The van der Waals surface area contributed by atoms with E-state index < -0.39 is 26.2 Å². The van der Waals surface area contributed by atoms with E-state index in [1.807, 2.05) is 0 Å². The van der Waals surface area contributed by atoms with Crippen molar-refractivity contribution in [3.8, 4) is 0 Å². The zero-order valence-electron chi connectivity index (χ0n) is 10.3. The quantitative estimate of drug-likeness (QED) is 0.848. The van der Waals surface area contributed by atoms with Crippen molar-refractivity contribution in [2.24, 2.45) is 0 Å². The van der Waals surface area contributed by atoms with Crippen molar-refractivity contribution in [1.82, 2.24) is 0 Å². The largest absolute Gasteiger partial charge is 0.298 e. The van der Waals surface area contributed by atoms with Gasteiger partial charge in [0.25, 0.3) is 0 Å². The molecule has 0 heterocycles. The molecular weight excluding hydrogens is 323 g/mol. The van der Waals surface area contributed by atoms with Gasteiger partial charge in [0.2, 0.25) is 0 Å². The highest BCUT2D eigenvalue weighted by molar-refractivity contribution is 9.10. The first-order valence-electron chi connectivity index (χ1n) is 5.22. The van der Waals surface area contributed by atoms with Gasteiger partial charge in [-0.15, -0.1) is 0 Å². The monoisotopic (exact) mass is 336 g/mol. The predicted molar refractivity (Wildman–Crippen MR) is 71.7 cm³/mol. The number of hydrogen-bond donors (Lipinski definition) is 0. The average Bonchev–Trinajstić information content (AvgIpc) is 2.21. The molecule has 3 nitrogen and oxygen atoms in total. The smallest absolute Gasteiger partial charge is 0.159 e. The Kier molecular flexibility index (Phi) is 4.33. The van der Waals surface area contributed by atoms with Gasteiger partial charge in [0, 0.05) is 17.1 Å². The third-order valence-electron chi connectivity index (χ3n) is 2.96. The lowest BCUT2D eigenvalue weighted by Crippen LogP contribution is -2.41. The van der Waals surface area contributed by atoms with E-state index in [-0.39, 0.29) is 12.0 Å². The summed E-state index contributed by atoms with van der Waals surface area (Å²) >= 11 is 3.18. The molecule has 0 saturated carbocycles. The second-order valence-corrected chi connectivity index (χ2v) is 8.10. The van der Waals surface area contributed by atoms with Crippen LogP contribution in [0.4, 0.5) is 4.39 Å². The van der Waals surface area contributed by atoms with Crippen LogP contribution in [0.25, 0.3) is 0 Å². The Morgan fingerprint density at radius 3 is 2.44 bits per heavy atom. The van der Waals surface area contributed by atoms with Gasteiger partial charge in [0.15, 0.2) is 15.6 Å². The molecular formula is C12H14BrFO3S. The van der Waals surface area contributed by atoms with Crippen LogP contribution >= 0.6 is 15.9 Å². The van der Waals surface area contributed by atoms with Crippen molar-refractivity contribution in [2.75, 3.05) is 6.26 Å². The van der Waals surface area contributed by atoms with E-state index in [0.717, 1.165) is 6.26 Å².